The summed E-state index contributed by atoms with van der Waals surface area (Å²) in [7, 11) is 5.67. The van der Waals surface area contributed by atoms with Crippen LogP contribution in [0.5, 0.6) is 17.2 Å². The second-order valence-electron chi connectivity index (χ2n) is 4.71. The first-order valence-electron chi connectivity index (χ1n) is 7.20. The topological polar surface area (TPSA) is 83.1 Å². The van der Waals surface area contributed by atoms with Crippen LogP contribution in [0.3, 0.4) is 0 Å². The molecule has 7 nitrogen and oxygen atoms in total. The monoisotopic (exact) mass is 357 g/mol. The number of carbonyl (C=O) groups is 2. The van der Waals surface area contributed by atoms with Crippen LogP contribution >= 0.6 is 11.8 Å². The molecule has 0 aliphatic rings. The summed E-state index contributed by atoms with van der Waals surface area (Å²) >= 11 is 1.58. The zero-order valence-electron chi connectivity index (χ0n) is 14.5. The summed E-state index contributed by atoms with van der Waals surface area (Å²) in [5.74, 6) is 0.761. The van der Waals surface area contributed by atoms with E-state index < -0.39 is 17.9 Å². The Morgan fingerprint density at radius 1 is 1.08 bits per heavy atom. The van der Waals surface area contributed by atoms with Crippen molar-refractivity contribution in [3.05, 3.63) is 17.7 Å². The third-order valence-corrected chi connectivity index (χ3v) is 3.99. The molecule has 0 radical (unpaired) electrons. The predicted molar refractivity (Wildman–Crippen MR) is 92.4 cm³/mol. The summed E-state index contributed by atoms with van der Waals surface area (Å²) < 4.78 is 20.5. The van der Waals surface area contributed by atoms with Gasteiger partial charge in [-0.1, -0.05) is 0 Å². The van der Waals surface area contributed by atoms with Crippen molar-refractivity contribution >= 4 is 23.6 Å². The van der Waals surface area contributed by atoms with Crippen LogP contribution in [0.15, 0.2) is 12.1 Å². The van der Waals surface area contributed by atoms with Gasteiger partial charge < -0.3 is 24.3 Å². The Balaban J connectivity index is 3.10. The fourth-order valence-electron chi connectivity index (χ4n) is 2.14. The highest BCUT2D eigenvalue weighted by atomic mass is 32.2. The van der Waals surface area contributed by atoms with Crippen molar-refractivity contribution in [2.24, 2.45) is 0 Å². The van der Waals surface area contributed by atoms with E-state index >= 15 is 0 Å². The number of hydrogen-bond acceptors (Lipinski definition) is 7. The first-order valence-corrected chi connectivity index (χ1v) is 8.59. The molecular formula is C16H23NO6S. The number of thioether (sulfide) groups is 1. The Kier molecular flexibility index (Phi) is 8.25. The number of hydrogen-bond donors (Lipinski definition) is 1. The predicted octanol–water partition coefficient (Wildman–Crippen LogP) is 1.74. The van der Waals surface area contributed by atoms with Crippen molar-refractivity contribution in [3.63, 3.8) is 0 Å². The molecule has 0 aliphatic heterocycles. The Morgan fingerprint density at radius 2 is 1.75 bits per heavy atom. The summed E-state index contributed by atoms with van der Waals surface area (Å²) in [6.07, 6.45) is 2.39. The SMILES string of the molecule is COC(=O)[C@H](CCSC)NC(=O)c1ccc(OC)c(OC)c1OC. The summed E-state index contributed by atoms with van der Waals surface area (Å²) in [6.45, 7) is 0. The number of ether oxygens (including phenoxy) is 4. The van der Waals surface area contributed by atoms with Gasteiger partial charge in [0.15, 0.2) is 11.5 Å². The van der Waals surface area contributed by atoms with E-state index in [0.717, 1.165) is 0 Å². The molecule has 0 aliphatic carbocycles. The lowest BCUT2D eigenvalue weighted by Crippen LogP contribution is -2.42. The number of rotatable bonds is 9. The minimum atomic E-state index is -0.729. The Bertz CT molecular complexity index is 578. The lowest BCUT2D eigenvalue weighted by atomic mass is 10.1. The van der Waals surface area contributed by atoms with Crippen molar-refractivity contribution in [2.75, 3.05) is 40.4 Å². The van der Waals surface area contributed by atoms with E-state index in [9.17, 15) is 9.59 Å². The number of amides is 1. The van der Waals surface area contributed by atoms with Gasteiger partial charge in [0.05, 0.1) is 34.0 Å². The normalized spacial score (nSPS) is 11.4. The molecular weight excluding hydrogens is 334 g/mol. The highest BCUT2D eigenvalue weighted by molar-refractivity contribution is 7.98. The Morgan fingerprint density at radius 3 is 2.25 bits per heavy atom. The fraction of sp³-hybridized carbons (Fsp3) is 0.500. The average molecular weight is 357 g/mol. The smallest absolute Gasteiger partial charge is 0.328 e. The highest BCUT2D eigenvalue weighted by Crippen LogP contribution is 2.39. The van der Waals surface area contributed by atoms with E-state index in [-0.39, 0.29) is 11.3 Å². The molecule has 1 aromatic carbocycles. The van der Waals surface area contributed by atoms with Crippen LogP contribution in [0.2, 0.25) is 0 Å². The van der Waals surface area contributed by atoms with Crippen molar-refractivity contribution in [1.82, 2.24) is 5.32 Å². The van der Waals surface area contributed by atoms with E-state index in [1.54, 1.807) is 23.9 Å². The molecule has 24 heavy (non-hydrogen) atoms. The van der Waals surface area contributed by atoms with E-state index in [4.69, 9.17) is 18.9 Å². The zero-order chi connectivity index (χ0) is 18.1. The molecule has 0 aromatic heterocycles. The second kappa shape index (κ2) is 9.92. The van der Waals surface area contributed by atoms with Gasteiger partial charge >= 0.3 is 5.97 Å². The van der Waals surface area contributed by atoms with Crippen molar-refractivity contribution in [2.45, 2.75) is 12.5 Å². The molecule has 134 valence electrons. The van der Waals surface area contributed by atoms with Gasteiger partial charge in [0.2, 0.25) is 5.75 Å². The average Bonchev–Trinajstić information content (AvgIpc) is 2.62. The van der Waals surface area contributed by atoms with E-state index in [2.05, 4.69) is 5.32 Å². The second-order valence-corrected chi connectivity index (χ2v) is 5.70. The molecule has 1 rings (SSSR count). The molecule has 1 amide bonds. The third kappa shape index (κ3) is 4.70. The first-order chi connectivity index (χ1) is 11.5. The minimum Gasteiger partial charge on any atom is -0.493 e. The number of benzene rings is 1. The van der Waals surface area contributed by atoms with Gasteiger partial charge in [0, 0.05) is 0 Å². The molecule has 8 heteroatoms. The Labute approximate surface area is 146 Å². The molecule has 1 atom stereocenters. The Hall–Kier alpha value is -2.09. The summed E-state index contributed by atoms with van der Waals surface area (Å²) in [4.78, 5) is 24.4. The molecule has 1 N–H and O–H groups in total. The number of nitrogens with one attached hydrogen (secondary N) is 1. The molecule has 0 spiro atoms. The van der Waals surface area contributed by atoms with Crippen LogP contribution in [0, 0.1) is 0 Å². The van der Waals surface area contributed by atoms with Gasteiger partial charge in [-0.2, -0.15) is 11.8 Å². The van der Waals surface area contributed by atoms with Crippen molar-refractivity contribution < 1.29 is 28.5 Å². The van der Waals surface area contributed by atoms with E-state index in [1.165, 1.54) is 28.4 Å². The van der Waals surface area contributed by atoms with Gasteiger partial charge in [-0.15, -0.1) is 0 Å². The maximum atomic E-state index is 12.6. The van der Waals surface area contributed by atoms with Gasteiger partial charge in [0.1, 0.15) is 6.04 Å². The van der Waals surface area contributed by atoms with Gasteiger partial charge in [-0.25, -0.2) is 4.79 Å². The standard InChI is InChI=1S/C16H23NO6S/c1-20-12-7-6-10(13(21-2)14(12)22-3)15(18)17-11(8-9-24-5)16(19)23-4/h6-7,11H,8-9H2,1-5H3,(H,17,18)/t11-/m0/s1. The van der Waals surface area contributed by atoms with E-state index in [0.29, 0.717) is 23.7 Å². The quantitative estimate of drug-likeness (QED) is 0.674. The number of esters is 1. The highest BCUT2D eigenvalue weighted by Gasteiger charge is 2.25. The molecule has 0 saturated carbocycles. The van der Waals surface area contributed by atoms with Crippen LogP contribution in [-0.2, 0) is 9.53 Å². The van der Waals surface area contributed by atoms with Gasteiger partial charge in [0.25, 0.3) is 5.91 Å². The van der Waals surface area contributed by atoms with Crippen molar-refractivity contribution in [3.8, 4) is 17.2 Å². The molecule has 0 fully saturated rings. The van der Waals surface area contributed by atoms with Crippen LogP contribution in [0.4, 0.5) is 0 Å². The lowest BCUT2D eigenvalue weighted by molar-refractivity contribution is -0.142. The molecule has 0 saturated heterocycles. The summed E-state index contributed by atoms with van der Waals surface area (Å²) in [5.41, 5.74) is 0.244. The zero-order valence-corrected chi connectivity index (χ0v) is 15.3. The fourth-order valence-corrected chi connectivity index (χ4v) is 2.61. The summed E-state index contributed by atoms with van der Waals surface area (Å²) in [6, 6.07) is 2.43. The van der Waals surface area contributed by atoms with Gasteiger partial charge in [-0.3, -0.25) is 4.79 Å². The molecule has 0 unspecified atom stereocenters. The van der Waals surface area contributed by atoms with Gasteiger partial charge in [-0.05, 0) is 30.6 Å². The van der Waals surface area contributed by atoms with Crippen LogP contribution in [-0.4, -0.2) is 58.4 Å². The van der Waals surface area contributed by atoms with Crippen LogP contribution in [0.25, 0.3) is 0 Å². The van der Waals surface area contributed by atoms with Crippen LogP contribution < -0.4 is 19.5 Å². The largest absolute Gasteiger partial charge is 0.493 e. The third-order valence-electron chi connectivity index (χ3n) is 3.35. The maximum absolute atomic E-state index is 12.6. The summed E-state index contributed by atoms with van der Waals surface area (Å²) in [5, 5.41) is 2.68. The van der Waals surface area contributed by atoms with E-state index in [1.807, 2.05) is 6.26 Å². The number of methoxy groups -OCH3 is 4. The number of carbonyl (C=O) groups excluding carboxylic acids is 2. The maximum Gasteiger partial charge on any atom is 0.328 e. The van der Waals surface area contributed by atoms with Crippen LogP contribution in [0.1, 0.15) is 16.8 Å². The first kappa shape index (κ1) is 20.0. The van der Waals surface area contributed by atoms with Crippen molar-refractivity contribution in [1.29, 1.82) is 0 Å². The minimum absolute atomic E-state index is 0.239. The molecule has 1 aromatic rings. The molecule has 0 bridgehead atoms. The molecule has 0 heterocycles. The lowest BCUT2D eigenvalue weighted by Gasteiger charge is -2.19.